The van der Waals surface area contributed by atoms with Gasteiger partial charge >= 0.3 is 0 Å². The Bertz CT molecular complexity index is 384. The van der Waals surface area contributed by atoms with E-state index < -0.39 is 0 Å². The monoisotopic (exact) mass is 244 g/mol. The molecule has 3 rings (SSSR count). The van der Waals surface area contributed by atoms with Gasteiger partial charge in [-0.1, -0.05) is 19.1 Å². The number of aryl methyl sites for hydroxylation is 1. The number of nitrogens with one attached hydrogen (secondary N) is 1. The Morgan fingerprint density at radius 2 is 1.72 bits per heavy atom. The maximum atomic E-state index is 3.47. The highest BCUT2D eigenvalue weighted by Gasteiger charge is 2.40. The predicted molar refractivity (Wildman–Crippen MR) is 77.2 cm³/mol. The van der Waals surface area contributed by atoms with Crippen molar-refractivity contribution in [2.45, 2.75) is 57.2 Å². The molecule has 2 heterocycles. The molecule has 2 heteroatoms. The quantitative estimate of drug-likeness (QED) is 0.879. The number of nitrogens with zero attached hydrogens (tertiary/aromatic N) is 1. The fourth-order valence-electron chi connectivity index (χ4n) is 3.74. The van der Waals surface area contributed by atoms with Crippen molar-refractivity contribution in [3.05, 3.63) is 29.8 Å². The molecule has 0 amide bonds. The van der Waals surface area contributed by atoms with Crippen molar-refractivity contribution in [3.8, 4) is 0 Å². The molecule has 2 fully saturated rings. The van der Waals surface area contributed by atoms with Crippen LogP contribution in [0, 0.1) is 0 Å². The van der Waals surface area contributed by atoms with Gasteiger partial charge in [0.05, 0.1) is 0 Å². The number of hydrogen-bond donors (Lipinski definition) is 1. The van der Waals surface area contributed by atoms with E-state index in [9.17, 15) is 0 Å². The second kappa shape index (κ2) is 4.93. The molecule has 2 atom stereocenters. The summed E-state index contributed by atoms with van der Waals surface area (Å²) in [5, 5.41) is 3.47. The first-order valence-corrected chi connectivity index (χ1v) is 7.36. The maximum Gasteiger partial charge on any atom is 0.0371 e. The molecule has 2 aliphatic rings. The molecule has 2 aliphatic heterocycles. The van der Waals surface area contributed by atoms with Crippen molar-refractivity contribution >= 4 is 5.69 Å². The summed E-state index contributed by atoms with van der Waals surface area (Å²) >= 11 is 0. The molecular formula is C16H24N2. The van der Waals surface area contributed by atoms with Gasteiger partial charge in [0.1, 0.15) is 0 Å². The van der Waals surface area contributed by atoms with E-state index in [-0.39, 0.29) is 0 Å². The molecule has 0 saturated carbocycles. The Kier molecular flexibility index (Phi) is 3.29. The van der Waals surface area contributed by atoms with Crippen LogP contribution in [0.25, 0.3) is 0 Å². The SMILES string of the molecule is CCc1ccc(N2C3CCC2CC(NC)C3)cc1. The number of piperidine rings is 1. The molecule has 1 N–H and O–H groups in total. The molecule has 1 aromatic rings. The number of benzene rings is 1. The standard InChI is InChI=1S/C16H24N2/c1-3-12-4-6-14(7-5-12)18-15-8-9-16(18)11-13(10-15)17-2/h4-7,13,15-17H,3,8-11H2,1-2H3. The Balaban J connectivity index is 1.80. The first-order chi connectivity index (χ1) is 8.81. The zero-order valence-electron chi connectivity index (χ0n) is 11.5. The zero-order chi connectivity index (χ0) is 12.5. The minimum Gasteiger partial charge on any atom is -0.365 e. The molecule has 2 nitrogen and oxygen atoms in total. The van der Waals surface area contributed by atoms with Crippen LogP contribution < -0.4 is 10.2 Å². The first-order valence-electron chi connectivity index (χ1n) is 7.36. The molecular weight excluding hydrogens is 220 g/mol. The van der Waals surface area contributed by atoms with Gasteiger partial charge in [-0.05, 0) is 56.8 Å². The van der Waals surface area contributed by atoms with Crippen LogP contribution in [0.2, 0.25) is 0 Å². The Hall–Kier alpha value is -1.02. The van der Waals surface area contributed by atoms with Crippen molar-refractivity contribution in [2.24, 2.45) is 0 Å². The molecule has 1 aromatic carbocycles. The second-order valence-corrected chi connectivity index (χ2v) is 5.77. The van der Waals surface area contributed by atoms with Crippen molar-refractivity contribution < 1.29 is 0 Å². The molecule has 0 aromatic heterocycles. The Morgan fingerprint density at radius 1 is 1.11 bits per heavy atom. The third kappa shape index (κ3) is 2.03. The molecule has 2 bridgehead atoms. The van der Waals surface area contributed by atoms with E-state index in [1.165, 1.54) is 36.9 Å². The number of fused-ring (bicyclic) bond motifs is 2. The lowest BCUT2D eigenvalue weighted by Gasteiger charge is -2.40. The Morgan fingerprint density at radius 3 is 2.22 bits per heavy atom. The molecule has 0 spiro atoms. The number of rotatable bonds is 3. The van der Waals surface area contributed by atoms with Crippen LogP contribution in [0.3, 0.4) is 0 Å². The topological polar surface area (TPSA) is 15.3 Å². The van der Waals surface area contributed by atoms with Gasteiger partial charge in [-0.15, -0.1) is 0 Å². The zero-order valence-corrected chi connectivity index (χ0v) is 11.5. The van der Waals surface area contributed by atoms with E-state index in [4.69, 9.17) is 0 Å². The normalized spacial score (nSPS) is 30.8. The highest BCUT2D eigenvalue weighted by molar-refractivity contribution is 5.51. The van der Waals surface area contributed by atoms with Crippen molar-refractivity contribution in [3.63, 3.8) is 0 Å². The number of hydrogen-bond acceptors (Lipinski definition) is 2. The predicted octanol–water partition coefficient (Wildman–Crippen LogP) is 2.97. The third-order valence-corrected chi connectivity index (χ3v) is 4.78. The fraction of sp³-hybridized carbons (Fsp3) is 0.625. The summed E-state index contributed by atoms with van der Waals surface area (Å²) in [6.07, 6.45) is 6.50. The average molecular weight is 244 g/mol. The largest absolute Gasteiger partial charge is 0.365 e. The minimum absolute atomic E-state index is 0.730. The van der Waals surface area contributed by atoms with Gasteiger partial charge in [0.25, 0.3) is 0 Å². The highest BCUT2D eigenvalue weighted by Crippen LogP contribution is 2.39. The molecule has 18 heavy (non-hydrogen) atoms. The lowest BCUT2D eigenvalue weighted by atomic mass is 9.96. The highest BCUT2D eigenvalue weighted by atomic mass is 15.2. The summed E-state index contributed by atoms with van der Waals surface area (Å²) in [5.41, 5.74) is 2.88. The van der Waals surface area contributed by atoms with E-state index in [2.05, 4.69) is 48.5 Å². The van der Waals surface area contributed by atoms with E-state index in [1.54, 1.807) is 0 Å². The second-order valence-electron chi connectivity index (χ2n) is 5.77. The maximum absolute atomic E-state index is 3.47. The first kappa shape index (κ1) is 12.0. The third-order valence-electron chi connectivity index (χ3n) is 4.78. The van der Waals surface area contributed by atoms with Crippen LogP contribution >= 0.6 is 0 Å². The van der Waals surface area contributed by atoms with Gasteiger partial charge in [0, 0.05) is 23.8 Å². The van der Waals surface area contributed by atoms with Crippen molar-refractivity contribution in [1.29, 1.82) is 0 Å². The van der Waals surface area contributed by atoms with Crippen LogP contribution in [0.4, 0.5) is 5.69 Å². The molecule has 0 aliphatic carbocycles. The number of anilines is 1. The Labute approximate surface area is 110 Å². The summed E-state index contributed by atoms with van der Waals surface area (Å²) in [4.78, 5) is 2.69. The molecule has 98 valence electrons. The summed E-state index contributed by atoms with van der Waals surface area (Å²) in [5.74, 6) is 0. The van der Waals surface area contributed by atoms with Crippen LogP contribution in [-0.4, -0.2) is 25.2 Å². The summed E-state index contributed by atoms with van der Waals surface area (Å²) < 4.78 is 0. The van der Waals surface area contributed by atoms with Crippen LogP contribution in [-0.2, 0) is 6.42 Å². The van der Waals surface area contributed by atoms with E-state index in [1.807, 2.05) is 0 Å². The summed E-state index contributed by atoms with van der Waals surface area (Å²) in [7, 11) is 2.11. The van der Waals surface area contributed by atoms with Gasteiger partial charge in [-0.3, -0.25) is 0 Å². The molecule has 2 saturated heterocycles. The van der Waals surface area contributed by atoms with Gasteiger partial charge in [-0.25, -0.2) is 0 Å². The van der Waals surface area contributed by atoms with E-state index >= 15 is 0 Å². The van der Waals surface area contributed by atoms with Crippen LogP contribution in [0.1, 0.15) is 38.2 Å². The van der Waals surface area contributed by atoms with Crippen LogP contribution in [0.5, 0.6) is 0 Å². The molecule has 0 radical (unpaired) electrons. The average Bonchev–Trinajstić information content (AvgIpc) is 2.69. The van der Waals surface area contributed by atoms with Gasteiger partial charge in [-0.2, -0.15) is 0 Å². The smallest absolute Gasteiger partial charge is 0.0371 e. The van der Waals surface area contributed by atoms with Crippen molar-refractivity contribution in [1.82, 2.24) is 5.32 Å². The fourth-order valence-corrected chi connectivity index (χ4v) is 3.74. The lowest BCUT2D eigenvalue weighted by Crippen LogP contribution is -2.48. The van der Waals surface area contributed by atoms with E-state index in [0.717, 1.165) is 24.5 Å². The lowest BCUT2D eigenvalue weighted by molar-refractivity contribution is 0.374. The van der Waals surface area contributed by atoms with Crippen LogP contribution in [0.15, 0.2) is 24.3 Å². The van der Waals surface area contributed by atoms with Gasteiger partial charge in [0.2, 0.25) is 0 Å². The molecule has 2 unspecified atom stereocenters. The van der Waals surface area contributed by atoms with Gasteiger partial charge < -0.3 is 10.2 Å². The van der Waals surface area contributed by atoms with E-state index in [0.29, 0.717) is 0 Å². The van der Waals surface area contributed by atoms with Crippen molar-refractivity contribution in [2.75, 3.05) is 11.9 Å². The summed E-state index contributed by atoms with van der Waals surface area (Å²) in [6.45, 7) is 2.22. The van der Waals surface area contributed by atoms with Gasteiger partial charge in [0.15, 0.2) is 0 Å². The minimum atomic E-state index is 0.730. The summed E-state index contributed by atoms with van der Waals surface area (Å²) in [6, 6.07) is 11.5.